The Kier molecular flexibility index (Phi) is 7.01. The molecule has 0 aliphatic rings. The van der Waals surface area contributed by atoms with E-state index in [1.807, 2.05) is 25.1 Å². The Morgan fingerprint density at radius 3 is 2.58 bits per heavy atom. The van der Waals surface area contributed by atoms with Gasteiger partial charge in [0, 0.05) is 22.0 Å². The summed E-state index contributed by atoms with van der Waals surface area (Å²) in [5, 5.41) is 16.7. The van der Waals surface area contributed by atoms with Gasteiger partial charge < -0.3 is 9.84 Å². The molecule has 0 saturated carbocycles. The van der Waals surface area contributed by atoms with Crippen LogP contribution < -0.4 is 14.8 Å². The number of aliphatic hydroxyl groups is 1. The highest BCUT2D eigenvalue weighted by Gasteiger charge is 2.26. The van der Waals surface area contributed by atoms with E-state index >= 15 is 0 Å². The van der Waals surface area contributed by atoms with E-state index in [1.54, 1.807) is 30.5 Å². The maximum Gasteiger partial charge on any atom is 0.417 e. The average molecular weight is 530 g/mol. The lowest BCUT2D eigenvalue weighted by Gasteiger charge is -2.23. The van der Waals surface area contributed by atoms with E-state index in [0.717, 1.165) is 11.3 Å². The van der Waals surface area contributed by atoms with Crippen LogP contribution in [0.2, 0.25) is 5.02 Å². The zero-order chi connectivity index (χ0) is 26.1. The summed E-state index contributed by atoms with van der Waals surface area (Å²) in [4.78, 5) is 17.1. The van der Waals surface area contributed by atoms with Crippen LogP contribution in [0.15, 0.2) is 65.7 Å². The van der Waals surface area contributed by atoms with Crippen molar-refractivity contribution in [1.82, 2.24) is 19.3 Å². The third-order valence-electron chi connectivity index (χ3n) is 5.16. The summed E-state index contributed by atoms with van der Waals surface area (Å²) in [6, 6.07) is 14.7. The molecule has 0 saturated heterocycles. The normalized spacial score (nSPS) is 12.0. The zero-order valence-corrected chi connectivity index (χ0v) is 21.3. The Labute approximate surface area is 212 Å². The number of aromatic nitrogens is 3. The fraction of sp³-hybridized carbons (Fsp3) is 0.208. The average Bonchev–Trinajstić information content (AvgIpc) is 3.22. The first kappa shape index (κ1) is 25.6. The molecule has 0 unspecified atom stereocenters. The van der Waals surface area contributed by atoms with Crippen LogP contribution in [0.1, 0.15) is 19.5 Å². The summed E-state index contributed by atoms with van der Waals surface area (Å²) in [5.41, 5.74) is 1.74. The molecule has 1 amide bonds. The van der Waals surface area contributed by atoms with E-state index in [2.05, 4.69) is 20.1 Å². The molecule has 0 aliphatic carbocycles. The summed E-state index contributed by atoms with van der Waals surface area (Å²) < 4.78 is 34.7. The second-order valence-corrected chi connectivity index (χ2v) is 10.8. The van der Waals surface area contributed by atoms with Crippen LogP contribution in [0.25, 0.3) is 16.9 Å². The number of ether oxygens (including phenoxy) is 1. The first-order valence-electron chi connectivity index (χ1n) is 10.8. The number of nitrogens with one attached hydrogen (secondary N) is 2. The molecule has 0 atom stereocenters. The molecule has 12 heteroatoms. The highest BCUT2D eigenvalue weighted by molar-refractivity contribution is 7.89. The first-order chi connectivity index (χ1) is 17.0. The monoisotopic (exact) mass is 529 g/mol. The summed E-state index contributed by atoms with van der Waals surface area (Å²) in [6.45, 7) is 4.56. The van der Waals surface area contributed by atoms with Gasteiger partial charge in [0.25, 0.3) is 0 Å². The van der Waals surface area contributed by atoms with Gasteiger partial charge in [-0.15, -0.1) is 0 Å². The van der Waals surface area contributed by atoms with Gasteiger partial charge in [-0.05, 0) is 57.2 Å². The summed E-state index contributed by atoms with van der Waals surface area (Å²) in [7, 11) is -3.94. The lowest BCUT2D eigenvalue weighted by molar-refractivity contribution is 0.208. The van der Waals surface area contributed by atoms with E-state index in [9.17, 15) is 18.3 Å². The minimum absolute atomic E-state index is 0.0808. The number of carbonyl (C=O) groups is 1. The second-order valence-electron chi connectivity index (χ2n) is 8.72. The number of benzene rings is 2. The number of sulfonamides is 1. The maximum absolute atomic E-state index is 12.7. The smallest absolute Gasteiger partial charge is 0.404 e. The lowest BCUT2D eigenvalue weighted by Crippen LogP contribution is -2.46. The molecule has 3 N–H and O–H groups in total. The van der Waals surface area contributed by atoms with Gasteiger partial charge in [0.05, 0.1) is 28.9 Å². The molecule has 2 aromatic heterocycles. The number of fused-ring (bicyclic) bond motifs is 1. The number of carbonyl (C=O) groups excluding carboxylic acids is 1. The quantitative estimate of drug-likeness (QED) is 0.329. The van der Waals surface area contributed by atoms with Gasteiger partial charge in [0.1, 0.15) is 0 Å². The molecule has 0 radical (unpaired) electrons. The number of hydrogen-bond acceptors (Lipinski definition) is 7. The van der Waals surface area contributed by atoms with Gasteiger partial charge in [-0.25, -0.2) is 27.4 Å². The Bertz CT molecular complexity index is 1530. The van der Waals surface area contributed by atoms with Crippen molar-refractivity contribution in [2.24, 2.45) is 0 Å². The highest BCUT2D eigenvalue weighted by atomic mass is 35.5. The third-order valence-corrected chi connectivity index (χ3v) is 7.10. The number of hydrogen-bond donors (Lipinski definition) is 3. The molecule has 36 heavy (non-hydrogen) atoms. The van der Waals surface area contributed by atoms with Gasteiger partial charge >= 0.3 is 6.09 Å². The van der Waals surface area contributed by atoms with Crippen LogP contribution in [-0.4, -0.2) is 46.4 Å². The number of nitrogens with zero attached hydrogens (tertiary/aromatic N) is 3. The zero-order valence-electron chi connectivity index (χ0n) is 19.7. The number of aliphatic hydroxyl groups excluding tert-OH is 1. The van der Waals surface area contributed by atoms with Crippen molar-refractivity contribution in [3.8, 4) is 17.0 Å². The lowest BCUT2D eigenvalue weighted by atomic mass is 10.1. The first-order valence-corrected chi connectivity index (χ1v) is 12.7. The van der Waals surface area contributed by atoms with Gasteiger partial charge in [0.15, 0.2) is 11.4 Å². The summed E-state index contributed by atoms with van der Waals surface area (Å²) in [6.07, 6.45) is 0.530. The number of halogens is 1. The van der Waals surface area contributed by atoms with E-state index in [-0.39, 0.29) is 22.9 Å². The fourth-order valence-electron chi connectivity index (χ4n) is 3.37. The van der Waals surface area contributed by atoms with E-state index in [4.69, 9.17) is 16.3 Å². The standard InChI is InChI=1S/C24H24ClN5O5S/c1-15-11-20(16-7-9-17(25)10-8-16)28-22-21(13-26-30(15)22)35-23(32)27-18-5-4-6-19(12-18)36(33,34)29-24(2,3)14-31/h4-13,29,31H,14H2,1-3H3,(H,27,32). The van der Waals surface area contributed by atoms with Crippen LogP contribution >= 0.6 is 11.6 Å². The van der Waals surface area contributed by atoms with E-state index in [1.165, 1.54) is 30.5 Å². The molecule has 4 aromatic rings. The van der Waals surface area contributed by atoms with Crippen LogP contribution in [0.5, 0.6) is 5.75 Å². The summed E-state index contributed by atoms with van der Waals surface area (Å²) >= 11 is 5.98. The SMILES string of the molecule is Cc1cc(-c2ccc(Cl)cc2)nc2c(OC(=O)Nc3cccc(S(=O)(=O)NC(C)(C)CO)c3)cnn12. The Morgan fingerprint density at radius 2 is 1.89 bits per heavy atom. The highest BCUT2D eigenvalue weighted by Crippen LogP contribution is 2.26. The van der Waals surface area contributed by atoms with Gasteiger partial charge in [-0.3, -0.25) is 5.32 Å². The van der Waals surface area contributed by atoms with Gasteiger partial charge in [-0.1, -0.05) is 29.8 Å². The molecule has 0 bridgehead atoms. The van der Waals surface area contributed by atoms with Crippen molar-refractivity contribution in [3.05, 3.63) is 71.5 Å². The van der Waals surface area contributed by atoms with Crippen molar-refractivity contribution in [1.29, 1.82) is 0 Å². The van der Waals surface area contributed by atoms with E-state index in [0.29, 0.717) is 16.4 Å². The van der Waals surface area contributed by atoms with Crippen molar-refractivity contribution >= 4 is 39.1 Å². The largest absolute Gasteiger partial charge is 0.417 e. The molecule has 4 rings (SSSR count). The number of aryl methyl sites for hydroxylation is 1. The predicted octanol–water partition coefficient (Wildman–Crippen LogP) is 4.02. The topological polar surface area (TPSA) is 135 Å². The molecule has 2 heterocycles. The van der Waals surface area contributed by atoms with Crippen molar-refractivity contribution < 1.29 is 23.1 Å². The Hall–Kier alpha value is -3.51. The number of amides is 1. The van der Waals surface area contributed by atoms with Crippen molar-refractivity contribution in [2.45, 2.75) is 31.2 Å². The molecule has 0 aliphatic heterocycles. The van der Waals surface area contributed by atoms with Crippen LogP contribution in [0, 0.1) is 6.92 Å². The van der Waals surface area contributed by atoms with Crippen LogP contribution in [0.3, 0.4) is 0 Å². The third kappa shape index (κ3) is 5.65. The van der Waals surface area contributed by atoms with E-state index < -0.39 is 21.7 Å². The molecule has 10 nitrogen and oxygen atoms in total. The minimum Gasteiger partial charge on any atom is -0.404 e. The second kappa shape index (κ2) is 9.86. The fourth-order valence-corrected chi connectivity index (χ4v) is 4.95. The summed E-state index contributed by atoms with van der Waals surface area (Å²) in [5.74, 6) is 0.126. The molecule has 188 valence electrons. The molecule has 0 spiro atoms. The number of rotatable bonds is 7. The minimum atomic E-state index is -3.94. The van der Waals surface area contributed by atoms with Gasteiger partial charge in [-0.2, -0.15) is 5.10 Å². The van der Waals surface area contributed by atoms with Crippen molar-refractivity contribution in [2.75, 3.05) is 11.9 Å². The number of anilines is 1. The van der Waals surface area contributed by atoms with Crippen LogP contribution in [-0.2, 0) is 10.0 Å². The Balaban J connectivity index is 1.55. The Morgan fingerprint density at radius 1 is 1.17 bits per heavy atom. The maximum atomic E-state index is 12.7. The van der Waals surface area contributed by atoms with Crippen LogP contribution in [0.4, 0.5) is 10.5 Å². The van der Waals surface area contributed by atoms with Crippen molar-refractivity contribution in [3.63, 3.8) is 0 Å². The van der Waals surface area contributed by atoms with Gasteiger partial charge in [0.2, 0.25) is 10.0 Å². The predicted molar refractivity (Wildman–Crippen MR) is 136 cm³/mol. The molecular weight excluding hydrogens is 506 g/mol. The molecule has 2 aromatic carbocycles. The molecule has 0 fully saturated rings. The molecular formula is C24H24ClN5O5S.